The third-order valence-electron chi connectivity index (χ3n) is 15.2. The molecule has 11 aromatic carbocycles. The molecule has 2 heterocycles. The summed E-state index contributed by atoms with van der Waals surface area (Å²) in [5.74, 6) is 1.77. The van der Waals surface area contributed by atoms with Gasteiger partial charge in [-0.2, -0.15) is 9.97 Å². The van der Waals surface area contributed by atoms with E-state index in [1.165, 1.54) is 52.6 Å². The molecular formula is C70H52N4Si2. The van der Waals surface area contributed by atoms with Crippen LogP contribution in [0.2, 0.25) is 0 Å². The molecular weight excluding hydrogens is 953 g/mol. The van der Waals surface area contributed by atoms with Crippen molar-refractivity contribution in [3.63, 3.8) is 0 Å². The molecule has 360 valence electrons. The van der Waals surface area contributed by atoms with Crippen LogP contribution in [0.25, 0.3) is 61.7 Å². The zero-order valence-electron chi connectivity index (χ0n) is 42.1. The van der Waals surface area contributed by atoms with Crippen LogP contribution in [0.4, 0.5) is 0 Å². The molecule has 76 heavy (non-hydrogen) atoms. The molecule has 0 bridgehead atoms. The van der Waals surface area contributed by atoms with E-state index in [9.17, 15) is 0 Å². The van der Waals surface area contributed by atoms with E-state index in [-0.39, 0.29) is 0 Å². The maximum Gasteiger partial charge on any atom is 0.238 e. The Morgan fingerprint density at radius 2 is 0.632 bits per heavy atom. The van der Waals surface area contributed by atoms with E-state index >= 15 is 0 Å². The van der Waals surface area contributed by atoms with Crippen molar-refractivity contribution in [2.45, 2.75) is 6.92 Å². The molecule has 0 radical (unpaired) electrons. The Kier molecular flexibility index (Phi) is 12.1. The number of benzene rings is 11. The summed E-state index contributed by atoms with van der Waals surface area (Å²) in [5, 5.41) is 12.8. The van der Waals surface area contributed by atoms with Crippen molar-refractivity contribution in [2.24, 2.45) is 0 Å². The molecule has 4 nitrogen and oxygen atoms in total. The molecule has 0 saturated carbocycles. The lowest BCUT2D eigenvalue weighted by molar-refractivity contribution is 0.953. The van der Waals surface area contributed by atoms with Crippen molar-refractivity contribution in [1.29, 1.82) is 0 Å². The van der Waals surface area contributed by atoms with E-state index < -0.39 is 16.1 Å². The lowest BCUT2D eigenvalue weighted by Crippen LogP contribution is -2.74. The van der Waals surface area contributed by atoms with Gasteiger partial charge in [-0.3, -0.25) is 4.57 Å². The topological polar surface area (TPSA) is 43.6 Å². The van der Waals surface area contributed by atoms with Crippen LogP contribution in [0.3, 0.4) is 0 Å². The Hall–Kier alpha value is -9.34. The first-order valence-electron chi connectivity index (χ1n) is 26.0. The number of hydrogen-bond donors (Lipinski definition) is 0. The van der Waals surface area contributed by atoms with Gasteiger partial charge in [0, 0.05) is 21.9 Å². The Labute approximate surface area is 446 Å². The van der Waals surface area contributed by atoms with E-state index in [0.717, 1.165) is 38.5 Å². The van der Waals surface area contributed by atoms with Crippen LogP contribution < -0.4 is 41.5 Å². The summed E-state index contributed by atoms with van der Waals surface area (Å²) in [6.45, 7) is 2.19. The molecule has 0 aliphatic carbocycles. The van der Waals surface area contributed by atoms with E-state index in [1.807, 2.05) is 0 Å². The molecule has 6 heteroatoms. The monoisotopic (exact) mass is 1000 g/mol. The van der Waals surface area contributed by atoms with Crippen LogP contribution in [0.1, 0.15) is 5.56 Å². The van der Waals surface area contributed by atoms with E-state index in [4.69, 9.17) is 15.0 Å². The number of aryl methyl sites for hydroxylation is 1. The normalized spacial score (nSPS) is 11.8. The molecule has 0 saturated heterocycles. The summed E-state index contributed by atoms with van der Waals surface area (Å²) in [7, 11) is -5.60. The van der Waals surface area contributed by atoms with Gasteiger partial charge in [0.2, 0.25) is 5.95 Å². The molecule has 0 spiro atoms. The fourth-order valence-corrected chi connectivity index (χ4v) is 21.4. The van der Waals surface area contributed by atoms with Gasteiger partial charge in [0.1, 0.15) is 0 Å². The summed E-state index contributed by atoms with van der Waals surface area (Å²) in [5.41, 5.74) is 7.45. The standard InChI is InChI=1S/C70H52N4Si2/c1-51-23-22-36-63(49-51)76(59-32-16-6-17-33-59,60-34-18-7-19-35-60)62-46-41-54(42-47-62)69-71-68(72-70(73-69)74-66-38-21-20-37-64(66)65-50-55(43-48-67(65)74)52-24-8-2-9-25-52)53-39-44-61(45-40-53)75(56-26-10-3-11-27-56,57-28-12-4-13-29-57)58-30-14-5-15-31-58/h2-50H,1H3. The van der Waals surface area contributed by atoms with Gasteiger partial charge >= 0.3 is 0 Å². The molecule has 13 aromatic rings. The van der Waals surface area contributed by atoms with Gasteiger partial charge in [0.15, 0.2) is 27.8 Å². The number of aromatic nitrogens is 4. The maximum atomic E-state index is 5.47. The average Bonchev–Trinajstić information content (AvgIpc) is 3.88. The number of hydrogen-bond acceptors (Lipinski definition) is 3. The highest BCUT2D eigenvalue weighted by Crippen LogP contribution is 2.35. The van der Waals surface area contributed by atoms with Crippen molar-refractivity contribution in [1.82, 2.24) is 19.5 Å². The summed E-state index contributed by atoms with van der Waals surface area (Å²) >= 11 is 0. The van der Waals surface area contributed by atoms with Gasteiger partial charge in [-0.25, -0.2) is 4.98 Å². The first kappa shape index (κ1) is 46.5. The van der Waals surface area contributed by atoms with Gasteiger partial charge in [0.05, 0.1) is 11.0 Å². The number of nitrogens with zero attached hydrogens (tertiary/aromatic N) is 4. The molecule has 0 unspecified atom stereocenters. The Bertz CT molecular complexity index is 4000. The predicted molar refractivity (Wildman–Crippen MR) is 322 cm³/mol. The molecule has 0 fully saturated rings. The Morgan fingerprint density at radius 1 is 0.263 bits per heavy atom. The number of fused-ring (bicyclic) bond motifs is 3. The average molecular weight is 1010 g/mol. The summed E-state index contributed by atoms with van der Waals surface area (Å²) in [4.78, 5) is 16.4. The number of rotatable bonds is 12. The number of para-hydroxylation sites is 1. The second-order valence-electron chi connectivity index (χ2n) is 19.6. The van der Waals surface area contributed by atoms with E-state index in [1.54, 1.807) is 0 Å². The van der Waals surface area contributed by atoms with Crippen LogP contribution in [0, 0.1) is 6.92 Å². The minimum absolute atomic E-state index is 0.561. The molecule has 13 rings (SSSR count). The fraction of sp³-hybridized carbons (Fsp3) is 0.0143. The molecule has 0 atom stereocenters. The summed E-state index contributed by atoms with van der Waals surface area (Å²) in [6, 6.07) is 109. The second-order valence-corrected chi connectivity index (χ2v) is 27.2. The zero-order valence-corrected chi connectivity index (χ0v) is 44.1. The first-order valence-corrected chi connectivity index (χ1v) is 30.0. The van der Waals surface area contributed by atoms with Gasteiger partial charge < -0.3 is 0 Å². The van der Waals surface area contributed by atoms with Crippen LogP contribution >= 0.6 is 0 Å². The summed E-state index contributed by atoms with van der Waals surface area (Å²) < 4.78 is 2.22. The van der Waals surface area contributed by atoms with Crippen molar-refractivity contribution in [2.75, 3.05) is 0 Å². The third kappa shape index (κ3) is 8.03. The molecule has 0 aliphatic rings. The van der Waals surface area contributed by atoms with Crippen LogP contribution in [0.15, 0.2) is 297 Å². The quantitative estimate of drug-likeness (QED) is 0.0905. The minimum Gasteiger partial charge on any atom is -0.278 e. The molecule has 0 amide bonds. The molecule has 0 N–H and O–H groups in total. The van der Waals surface area contributed by atoms with Crippen molar-refractivity contribution < 1.29 is 0 Å². The zero-order chi connectivity index (χ0) is 50.9. The van der Waals surface area contributed by atoms with Crippen LogP contribution in [0.5, 0.6) is 0 Å². The van der Waals surface area contributed by atoms with Crippen LogP contribution in [-0.4, -0.2) is 35.7 Å². The Balaban J connectivity index is 1.02. The SMILES string of the molecule is Cc1cccc([Si](c2ccccc2)(c2ccccc2)c2ccc(-c3nc(-c4ccc([Si](c5ccccc5)(c5ccccc5)c5ccccc5)cc4)nc(-n4c5ccccc5c5cc(-c6ccccc6)ccc54)n3)cc2)c1. The fourth-order valence-electron chi connectivity index (χ4n) is 11.8. The second kappa shape index (κ2) is 19.8. The molecule has 2 aromatic heterocycles. The van der Waals surface area contributed by atoms with Gasteiger partial charge in [-0.05, 0) is 77.7 Å². The van der Waals surface area contributed by atoms with Crippen molar-refractivity contribution in [3.05, 3.63) is 303 Å². The lowest BCUT2D eigenvalue weighted by Gasteiger charge is -2.34. The minimum atomic E-state index is -2.81. The third-order valence-corrected chi connectivity index (χ3v) is 24.8. The highest BCUT2D eigenvalue weighted by Gasteiger charge is 2.43. The van der Waals surface area contributed by atoms with Crippen LogP contribution in [-0.2, 0) is 0 Å². The van der Waals surface area contributed by atoms with Gasteiger partial charge in [-0.15, -0.1) is 0 Å². The van der Waals surface area contributed by atoms with E-state index in [0.29, 0.717) is 17.6 Å². The highest BCUT2D eigenvalue weighted by molar-refractivity contribution is 7.20. The van der Waals surface area contributed by atoms with Gasteiger partial charge in [-0.1, -0.05) is 285 Å². The summed E-state index contributed by atoms with van der Waals surface area (Å²) in [6.07, 6.45) is 0. The molecule has 0 aliphatic heterocycles. The maximum absolute atomic E-state index is 5.47. The first-order chi connectivity index (χ1) is 37.6. The van der Waals surface area contributed by atoms with Crippen molar-refractivity contribution in [3.8, 4) is 39.9 Å². The Morgan fingerprint density at radius 3 is 1.09 bits per heavy atom. The largest absolute Gasteiger partial charge is 0.278 e. The van der Waals surface area contributed by atoms with E-state index in [2.05, 4.69) is 309 Å². The van der Waals surface area contributed by atoms with Gasteiger partial charge in [0.25, 0.3) is 0 Å². The smallest absolute Gasteiger partial charge is 0.238 e. The lowest BCUT2D eigenvalue weighted by atomic mass is 10.0. The highest BCUT2D eigenvalue weighted by atomic mass is 28.3. The van der Waals surface area contributed by atoms with Crippen molar-refractivity contribution >= 4 is 79.4 Å². The predicted octanol–water partition coefficient (Wildman–Crippen LogP) is 11.0.